The smallest absolute Gasteiger partial charge is 0.258 e. The second kappa shape index (κ2) is 6.70. The minimum atomic E-state index is -0.125. The fourth-order valence-electron chi connectivity index (χ4n) is 2.63. The van der Waals surface area contributed by atoms with Crippen molar-refractivity contribution in [3.05, 3.63) is 40.4 Å². The molecule has 1 aromatic heterocycles. The molecule has 6 nitrogen and oxygen atoms in total. The van der Waals surface area contributed by atoms with Gasteiger partial charge in [0, 0.05) is 25.9 Å². The van der Waals surface area contributed by atoms with E-state index in [9.17, 15) is 9.59 Å². The molecule has 116 valence electrons. The summed E-state index contributed by atoms with van der Waals surface area (Å²) in [6, 6.07) is 7.26. The maximum absolute atomic E-state index is 12.0. The van der Waals surface area contributed by atoms with Gasteiger partial charge in [-0.15, -0.1) is 0 Å². The number of hydrogen-bond donors (Lipinski definition) is 1. The van der Waals surface area contributed by atoms with Crippen molar-refractivity contribution in [2.24, 2.45) is 0 Å². The highest BCUT2D eigenvalue weighted by molar-refractivity contribution is 5.77. The number of amides is 1. The van der Waals surface area contributed by atoms with Crippen molar-refractivity contribution in [1.82, 2.24) is 14.9 Å². The fourth-order valence-corrected chi connectivity index (χ4v) is 2.63. The third-order valence-electron chi connectivity index (χ3n) is 3.83. The lowest BCUT2D eigenvalue weighted by atomic mass is 10.2. The van der Waals surface area contributed by atoms with Crippen LogP contribution in [0, 0.1) is 0 Å². The van der Waals surface area contributed by atoms with E-state index in [-0.39, 0.29) is 11.5 Å². The molecule has 3 rings (SSSR count). The predicted octanol–water partition coefficient (Wildman–Crippen LogP) is 1.10. The number of carbonyl (C=O) groups is 1. The van der Waals surface area contributed by atoms with E-state index in [1.54, 1.807) is 6.07 Å². The lowest BCUT2D eigenvalue weighted by molar-refractivity contribution is -0.135. The van der Waals surface area contributed by atoms with Crippen molar-refractivity contribution in [3.63, 3.8) is 0 Å². The molecule has 1 aliphatic heterocycles. The van der Waals surface area contributed by atoms with Gasteiger partial charge >= 0.3 is 0 Å². The number of rotatable bonds is 4. The Morgan fingerprint density at radius 2 is 2.05 bits per heavy atom. The Labute approximate surface area is 128 Å². The zero-order valence-corrected chi connectivity index (χ0v) is 12.4. The van der Waals surface area contributed by atoms with E-state index in [0.717, 1.165) is 0 Å². The molecule has 1 amide bonds. The molecule has 1 aliphatic rings. The molecule has 2 aromatic rings. The number of ether oxygens (including phenoxy) is 1. The number of benzene rings is 1. The van der Waals surface area contributed by atoms with Crippen molar-refractivity contribution >= 4 is 16.8 Å². The lowest BCUT2D eigenvalue weighted by Gasteiger charge is -2.26. The average Bonchev–Trinajstić information content (AvgIpc) is 2.56. The summed E-state index contributed by atoms with van der Waals surface area (Å²) in [5.74, 6) is 0.782. The number of hydrogen-bond acceptors (Lipinski definition) is 4. The van der Waals surface area contributed by atoms with Crippen LogP contribution < -0.4 is 5.56 Å². The van der Waals surface area contributed by atoms with E-state index in [0.29, 0.717) is 62.3 Å². The number of morpholine rings is 1. The van der Waals surface area contributed by atoms with E-state index in [2.05, 4.69) is 9.97 Å². The van der Waals surface area contributed by atoms with Crippen molar-refractivity contribution < 1.29 is 9.53 Å². The Morgan fingerprint density at radius 1 is 1.27 bits per heavy atom. The molecule has 2 heterocycles. The number of fused-ring (bicyclic) bond motifs is 1. The number of aromatic nitrogens is 2. The van der Waals surface area contributed by atoms with Crippen LogP contribution >= 0.6 is 0 Å². The van der Waals surface area contributed by atoms with Gasteiger partial charge in [0.25, 0.3) is 5.56 Å². The number of aromatic amines is 1. The van der Waals surface area contributed by atoms with Gasteiger partial charge in [-0.25, -0.2) is 4.98 Å². The molecule has 0 aliphatic carbocycles. The summed E-state index contributed by atoms with van der Waals surface area (Å²) in [7, 11) is 0. The maximum atomic E-state index is 12.0. The van der Waals surface area contributed by atoms with Crippen LogP contribution in [-0.2, 0) is 16.0 Å². The molecule has 1 N–H and O–H groups in total. The summed E-state index contributed by atoms with van der Waals surface area (Å²) < 4.78 is 5.23. The van der Waals surface area contributed by atoms with Crippen LogP contribution in [0.25, 0.3) is 10.9 Å². The normalized spacial score (nSPS) is 15.2. The molecule has 6 heteroatoms. The monoisotopic (exact) mass is 301 g/mol. The summed E-state index contributed by atoms with van der Waals surface area (Å²) in [6.07, 6.45) is 1.74. The van der Waals surface area contributed by atoms with Crippen molar-refractivity contribution in [3.8, 4) is 0 Å². The molecule has 1 fully saturated rings. The van der Waals surface area contributed by atoms with Gasteiger partial charge in [0.1, 0.15) is 5.82 Å². The minimum Gasteiger partial charge on any atom is -0.378 e. The van der Waals surface area contributed by atoms with E-state index in [4.69, 9.17) is 4.74 Å². The third-order valence-corrected chi connectivity index (χ3v) is 3.83. The van der Waals surface area contributed by atoms with Gasteiger partial charge in [-0.3, -0.25) is 9.59 Å². The van der Waals surface area contributed by atoms with Gasteiger partial charge < -0.3 is 14.6 Å². The molecule has 1 saturated heterocycles. The maximum Gasteiger partial charge on any atom is 0.258 e. The van der Waals surface area contributed by atoms with Crippen LogP contribution in [0.2, 0.25) is 0 Å². The molecule has 0 unspecified atom stereocenters. The van der Waals surface area contributed by atoms with Crippen molar-refractivity contribution in [1.29, 1.82) is 0 Å². The fraction of sp³-hybridized carbons (Fsp3) is 0.438. The first-order valence-electron chi connectivity index (χ1n) is 7.57. The standard InChI is InChI=1S/C16H19N3O3/c20-15(19-8-10-22-11-9-19)7-3-6-14-17-13-5-2-1-4-12(13)16(21)18-14/h1-2,4-5H,3,6-11H2,(H,17,18,21). The summed E-state index contributed by atoms with van der Waals surface area (Å²) in [5, 5.41) is 0.593. The molecule has 0 bridgehead atoms. The second-order valence-corrected chi connectivity index (χ2v) is 5.38. The molecule has 1 aromatic carbocycles. The topological polar surface area (TPSA) is 75.3 Å². The molecule has 0 atom stereocenters. The number of carbonyl (C=O) groups excluding carboxylic acids is 1. The quantitative estimate of drug-likeness (QED) is 0.917. The summed E-state index contributed by atoms with van der Waals surface area (Å²) in [6.45, 7) is 2.57. The molecule has 0 spiro atoms. The summed E-state index contributed by atoms with van der Waals surface area (Å²) >= 11 is 0. The van der Waals surface area contributed by atoms with Gasteiger partial charge in [0.15, 0.2) is 0 Å². The second-order valence-electron chi connectivity index (χ2n) is 5.38. The highest BCUT2D eigenvalue weighted by Gasteiger charge is 2.16. The van der Waals surface area contributed by atoms with Crippen LogP contribution in [0.1, 0.15) is 18.7 Å². The molecule has 0 saturated carbocycles. The van der Waals surface area contributed by atoms with Crippen molar-refractivity contribution in [2.45, 2.75) is 19.3 Å². The Bertz CT molecular complexity index is 720. The SMILES string of the molecule is O=C(CCCc1nc2ccccc2c(=O)[nH]1)N1CCOCC1. The minimum absolute atomic E-state index is 0.125. The Kier molecular flexibility index (Phi) is 4.48. The highest BCUT2D eigenvalue weighted by atomic mass is 16.5. The Morgan fingerprint density at radius 3 is 2.86 bits per heavy atom. The number of nitrogens with one attached hydrogen (secondary N) is 1. The molecular weight excluding hydrogens is 282 g/mol. The van der Waals surface area contributed by atoms with Gasteiger partial charge in [0.05, 0.1) is 24.1 Å². The van der Waals surface area contributed by atoms with Gasteiger partial charge in [0.2, 0.25) is 5.91 Å². The predicted molar refractivity (Wildman–Crippen MR) is 82.7 cm³/mol. The first-order valence-corrected chi connectivity index (χ1v) is 7.57. The van der Waals surface area contributed by atoms with E-state index >= 15 is 0 Å². The number of para-hydroxylation sites is 1. The summed E-state index contributed by atoms with van der Waals surface area (Å²) in [4.78, 5) is 33.1. The zero-order valence-electron chi connectivity index (χ0n) is 12.4. The number of H-pyrrole nitrogens is 1. The van der Waals surface area contributed by atoms with Crippen LogP contribution in [0.5, 0.6) is 0 Å². The summed E-state index contributed by atoms with van der Waals surface area (Å²) in [5.41, 5.74) is 0.570. The Balaban J connectivity index is 1.59. The van der Waals surface area contributed by atoms with Gasteiger partial charge in [-0.1, -0.05) is 12.1 Å². The van der Waals surface area contributed by atoms with Crippen LogP contribution in [0.15, 0.2) is 29.1 Å². The first-order chi connectivity index (χ1) is 10.7. The Hall–Kier alpha value is -2.21. The van der Waals surface area contributed by atoms with Crippen molar-refractivity contribution in [2.75, 3.05) is 26.3 Å². The van der Waals surface area contributed by atoms with Crippen LogP contribution in [-0.4, -0.2) is 47.1 Å². The third kappa shape index (κ3) is 3.33. The van der Waals surface area contributed by atoms with Crippen LogP contribution in [0.4, 0.5) is 0 Å². The van der Waals surface area contributed by atoms with Crippen LogP contribution in [0.3, 0.4) is 0 Å². The largest absolute Gasteiger partial charge is 0.378 e. The highest BCUT2D eigenvalue weighted by Crippen LogP contribution is 2.08. The van der Waals surface area contributed by atoms with Gasteiger partial charge in [-0.2, -0.15) is 0 Å². The van der Waals surface area contributed by atoms with E-state index < -0.39 is 0 Å². The number of nitrogens with zero attached hydrogens (tertiary/aromatic N) is 2. The first kappa shape index (κ1) is 14.7. The molecule has 22 heavy (non-hydrogen) atoms. The average molecular weight is 301 g/mol. The van der Waals surface area contributed by atoms with E-state index in [1.807, 2.05) is 23.1 Å². The van der Waals surface area contributed by atoms with Gasteiger partial charge in [-0.05, 0) is 18.6 Å². The number of aryl methyl sites for hydroxylation is 1. The zero-order chi connectivity index (χ0) is 15.4. The molecular formula is C16H19N3O3. The molecule has 0 radical (unpaired) electrons. The lowest BCUT2D eigenvalue weighted by Crippen LogP contribution is -2.40. The van der Waals surface area contributed by atoms with E-state index in [1.165, 1.54) is 0 Å².